The van der Waals surface area contributed by atoms with Crippen LogP contribution in [0.25, 0.3) is 0 Å². The minimum absolute atomic E-state index is 0.0611. The molecule has 0 N–H and O–H groups in total. The molecule has 32 heavy (non-hydrogen) atoms. The number of aryl methyl sites for hydroxylation is 1. The summed E-state index contributed by atoms with van der Waals surface area (Å²) in [5.41, 5.74) is 3.99. The number of β-lactam (4-membered cyclic amide) rings is 1. The van der Waals surface area contributed by atoms with Crippen molar-refractivity contribution < 1.29 is 19.1 Å². The number of esters is 1. The van der Waals surface area contributed by atoms with Crippen LogP contribution in [0.2, 0.25) is 0 Å². The van der Waals surface area contributed by atoms with Gasteiger partial charge in [0.1, 0.15) is 18.4 Å². The van der Waals surface area contributed by atoms with Gasteiger partial charge in [-0.05, 0) is 53.8 Å². The van der Waals surface area contributed by atoms with Crippen LogP contribution in [-0.4, -0.2) is 25.0 Å². The predicted octanol–water partition coefficient (Wildman–Crippen LogP) is 4.58. The lowest BCUT2D eigenvalue weighted by Crippen LogP contribution is -2.65. The van der Waals surface area contributed by atoms with E-state index in [4.69, 9.17) is 9.47 Å². The van der Waals surface area contributed by atoms with Crippen molar-refractivity contribution in [2.24, 2.45) is 5.92 Å². The Labute approximate surface area is 188 Å². The Morgan fingerprint density at radius 3 is 2.16 bits per heavy atom. The number of hydrogen-bond donors (Lipinski definition) is 0. The van der Waals surface area contributed by atoms with E-state index in [1.165, 1.54) is 12.7 Å². The fraction of sp³-hybridized carbons (Fsp3) is 0.259. The SMILES string of the molecule is CCc1ccc(N2C(=O)[C@@H](Cc3ccc(OCc4ccccc4)cc3)[C@H]2C(=O)OC)cc1. The first-order valence-electron chi connectivity index (χ1n) is 10.9. The van der Waals surface area contributed by atoms with E-state index in [1.807, 2.05) is 78.9 Å². The quantitative estimate of drug-likeness (QED) is 0.389. The summed E-state index contributed by atoms with van der Waals surface area (Å²) in [4.78, 5) is 27.0. The van der Waals surface area contributed by atoms with E-state index in [0.717, 1.165) is 29.0 Å². The molecule has 1 heterocycles. The number of anilines is 1. The number of ether oxygens (including phenoxy) is 2. The molecular weight excluding hydrogens is 402 g/mol. The van der Waals surface area contributed by atoms with Gasteiger partial charge in [-0.25, -0.2) is 4.79 Å². The van der Waals surface area contributed by atoms with Gasteiger partial charge in [0.25, 0.3) is 0 Å². The lowest BCUT2D eigenvalue weighted by molar-refractivity contribution is -0.152. The molecule has 1 saturated heterocycles. The van der Waals surface area contributed by atoms with Gasteiger partial charge < -0.3 is 9.47 Å². The molecule has 0 saturated carbocycles. The monoisotopic (exact) mass is 429 g/mol. The van der Waals surface area contributed by atoms with Crippen LogP contribution in [-0.2, 0) is 33.8 Å². The van der Waals surface area contributed by atoms with E-state index >= 15 is 0 Å². The molecule has 5 heteroatoms. The Balaban J connectivity index is 1.43. The number of amides is 1. The number of nitrogens with zero attached hydrogens (tertiary/aromatic N) is 1. The van der Waals surface area contributed by atoms with E-state index in [2.05, 4.69) is 6.92 Å². The number of methoxy groups -OCH3 is 1. The first-order chi connectivity index (χ1) is 15.6. The molecule has 1 fully saturated rings. The van der Waals surface area contributed by atoms with Crippen LogP contribution < -0.4 is 9.64 Å². The second kappa shape index (κ2) is 9.69. The second-order valence-corrected chi connectivity index (χ2v) is 7.93. The van der Waals surface area contributed by atoms with Gasteiger partial charge >= 0.3 is 5.97 Å². The minimum Gasteiger partial charge on any atom is -0.489 e. The Kier molecular flexibility index (Phi) is 6.55. The van der Waals surface area contributed by atoms with E-state index in [1.54, 1.807) is 4.90 Å². The molecule has 1 aliphatic heterocycles. The average Bonchev–Trinajstić information content (AvgIpc) is 2.85. The highest BCUT2D eigenvalue weighted by Crippen LogP contribution is 2.36. The first kappa shape index (κ1) is 21.6. The molecule has 164 valence electrons. The molecule has 2 atom stereocenters. The summed E-state index contributed by atoms with van der Waals surface area (Å²) in [6, 6.07) is 24.8. The average molecular weight is 430 g/mol. The molecule has 0 spiro atoms. The van der Waals surface area contributed by atoms with Gasteiger partial charge in [0.2, 0.25) is 5.91 Å². The zero-order chi connectivity index (χ0) is 22.5. The molecule has 3 aromatic carbocycles. The minimum atomic E-state index is -0.617. The Morgan fingerprint density at radius 1 is 0.875 bits per heavy atom. The summed E-state index contributed by atoms with van der Waals surface area (Å²) in [5.74, 6) is -0.130. The molecule has 3 aromatic rings. The van der Waals surface area contributed by atoms with Crippen molar-refractivity contribution in [3.63, 3.8) is 0 Å². The van der Waals surface area contributed by atoms with Gasteiger partial charge in [-0.2, -0.15) is 0 Å². The maximum absolute atomic E-state index is 13.0. The van der Waals surface area contributed by atoms with Crippen molar-refractivity contribution >= 4 is 17.6 Å². The zero-order valence-corrected chi connectivity index (χ0v) is 18.4. The van der Waals surface area contributed by atoms with E-state index < -0.39 is 17.9 Å². The third-order valence-electron chi connectivity index (χ3n) is 5.91. The molecule has 0 radical (unpaired) electrons. The second-order valence-electron chi connectivity index (χ2n) is 7.93. The van der Waals surface area contributed by atoms with Crippen LogP contribution in [0.5, 0.6) is 5.75 Å². The summed E-state index contributed by atoms with van der Waals surface area (Å²) in [5, 5.41) is 0. The Morgan fingerprint density at radius 2 is 1.53 bits per heavy atom. The molecular formula is C27H27NO4. The lowest BCUT2D eigenvalue weighted by atomic mass is 9.81. The van der Waals surface area contributed by atoms with Crippen molar-refractivity contribution in [1.29, 1.82) is 0 Å². The maximum Gasteiger partial charge on any atom is 0.329 e. The normalized spacial score (nSPS) is 17.6. The lowest BCUT2D eigenvalue weighted by Gasteiger charge is -2.45. The number of carbonyl (C=O) groups is 2. The zero-order valence-electron chi connectivity index (χ0n) is 18.4. The highest BCUT2D eigenvalue weighted by molar-refractivity contribution is 6.10. The van der Waals surface area contributed by atoms with Crippen molar-refractivity contribution in [1.82, 2.24) is 0 Å². The Hall–Kier alpha value is -3.60. The topological polar surface area (TPSA) is 55.8 Å². The van der Waals surface area contributed by atoms with Crippen molar-refractivity contribution in [2.75, 3.05) is 12.0 Å². The number of carbonyl (C=O) groups excluding carboxylic acids is 2. The van der Waals surface area contributed by atoms with Gasteiger partial charge in [0, 0.05) is 5.69 Å². The van der Waals surface area contributed by atoms with Crippen molar-refractivity contribution in [2.45, 2.75) is 32.4 Å². The summed E-state index contributed by atoms with van der Waals surface area (Å²) < 4.78 is 10.8. The van der Waals surface area contributed by atoms with E-state index in [0.29, 0.717) is 13.0 Å². The third kappa shape index (κ3) is 4.52. The smallest absolute Gasteiger partial charge is 0.329 e. The van der Waals surface area contributed by atoms with Gasteiger partial charge in [0.15, 0.2) is 0 Å². The highest BCUT2D eigenvalue weighted by Gasteiger charge is 2.52. The van der Waals surface area contributed by atoms with Crippen molar-refractivity contribution in [3.05, 3.63) is 95.6 Å². The van der Waals surface area contributed by atoms with Crippen LogP contribution in [0.3, 0.4) is 0 Å². The third-order valence-corrected chi connectivity index (χ3v) is 5.91. The van der Waals surface area contributed by atoms with Gasteiger partial charge in [-0.15, -0.1) is 0 Å². The van der Waals surface area contributed by atoms with Crippen LogP contribution in [0.4, 0.5) is 5.69 Å². The summed E-state index contributed by atoms with van der Waals surface area (Å²) >= 11 is 0. The van der Waals surface area contributed by atoms with Crippen LogP contribution in [0.15, 0.2) is 78.9 Å². The summed E-state index contributed by atoms with van der Waals surface area (Å²) in [6.45, 7) is 2.58. The predicted molar refractivity (Wildman–Crippen MR) is 124 cm³/mol. The molecule has 1 aliphatic rings. The number of hydrogen-bond acceptors (Lipinski definition) is 4. The molecule has 0 unspecified atom stereocenters. The summed E-state index contributed by atoms with van der Waals surface area (Å²) in [6.07, 6.45) is 1.39. The molecule has 0 bridgehead atoms. The molecule has 4 rings (SSSR count). The molecule has 5 nitrogen and oxygen atoms in total. The van der Waals surface area contributed by atoms with Gasteiger partial charge in [0.05, 0.1) is 13.0 Å². The fourth-order valence-corrected chi connectivity index (χ4v) is 4.03. The van der Waals surface area contributed by atoms with E-state index in [9.17, 15) is 9.59 Å². The molecule has 1 amide bonds. The fourth-order valence-electron chi connectivity index (χ4n) is 4.03. The van der Waals surface area contributed by atoms with Gasteiger partial charge in [-0.3, -0.25) is 9.69 Å². The van der Waals surface area contributed by atoms with Crippen LogP contribution >= 0.6 is 0 Å². The van der Waals surface area contributed by atoms with Crippen molar-refractivity contribution in [3.8, 4) is 5.75 Å². The van der Waals surface area contributed by atoms with Gasteiger partial charge in [-0.1, -0.05) is 61.5 Å². The largest absolute Gasteiger partial charge is 0.489 e. The van der Waals surface area contributed by atoms with Crippen LogP contribution in [0, 0.1) is 5.92 Å². The molecule has 0 aliphatic carbocycles. The summed E-state index contributed by atoms with van der Waals surface area (Å²) in [7, 11) is 1.36. The standard InChI is InChI=1S/C27H27NO4/c1-3-19-9-13-22(14-10-19)28-25(27(30)31-2)24(26(28)29)17-20-11-15-23(16-12-20)32-18-21-7-5-4-6-8-21/h4-16,24-25H,3,17-18H2,1-2H3/t24-,25-/m0/s1. The first-order valence-corrected chi connectivity index (χ1v) is 10.9. The maximum atomic E-state index is 13.0. The van der Waals surface area contributed by atoms with Crippen LogP contribution in [0.1, 0.15) is 23.6 Å². The number of rotatable bonds is 8. The number of benzene rings is 3. The molecule has 0 aromatic heterocycles. The highest BCUT2D eigenvalue weighted by atomic mass is 16.5. The Bertz CT molecular complexity index is 1060. The van der Waals surface area contributed by atoms with E-state index in [-0.39, 0.29) is 5.91 Å².